The molecule has 1 atom stereocenters. The van der Waals surface area contributed by atoms with Crippen molar-refractivity contribution >= 4 is 24.0 Å². The molecule has 0 aliphatic carbocycles. The SMILES string of the molecule is Cl.NC(CO)Cc1cccc(OCc2c(F)cccc2Cl)c1. The van der Waals surface area contributed by atoms with E-state index < -0.39 is 0 Å². The Balaban J connectivity index is 0.00000242. The fourth-order valence-corrected chi connectivity index (χ4v) is 2.17. The van der Waals surface area contributed by atoms with Gasteiger partial charge in [-0.2, -0.15) is 0 Å². The van der Waals surface area contributed by atoms with E-state index >= 15 is 0 Å². The van der Waals surface area contributed by atoms with Crippen LogP contribution in [0.15, 0.2) is 42.5 Å². The standard InChI is InChI=1S/C16H17ClFNO2.ClH/c17-15-5-2-6-16(18)14(15)10-21-13-4-1-3-11(8-13)7-12(19)9-20;/h1-6,8,12,20H,7,9-10,19H2;1H. The predicted octanol–water partition coefficient (Wildman–Crippen LogP) is 3.34. The average Bonchev–Trinajstić information content (AvgIpc) is 2.47. The summed E-state index contributed by atoms with van der Waals surface area (Å²) < 4.78 is 19.2. The number of hydrogen-bond acceptors (Lipinski definition) is 3. The summed E-state index contributed by atoms with van der Waals surface area (Å²) in [5.41, 5.74) is 6.98. The molecule has 0 aromatic heterocycles. The summed E-state index contributed by atoms with van der Waals surface area (Å²) >= 11 is 5.95. The molecule has 120 valence electrons. The molecule has 0 amide bonds. The van der Waals surface area contributed by atoms with E-state index in [4.69, 9.17) is 27.2 Å². The summed E-state index contributed by atoms with van der Waals surface area (Å²) in [4.78, 5) is 0. The number of hydrogen-bond donors (Lipinski definition) is 2. The molecule has 1 unspecified atom stereocenters. The van der Waals surface area contributed by atoms with E-state index in [-0.39, 0.29) is 37.5 Å². The van der Waals surface area contributed by atoms with Crippen LogP contribution in [0.4, 0.5) is 4.39 Å². The van der Waals surface area contributed by atoms with Crippen molar-refractivity contribution in [2.24, 2.45) is 5.73 Å². The van der Waals surface area contributed by atoms with Crippen molar-refractivity contribution in [3.8, 4) is 5.75 Å². The maximum Gasteiger partial charge on any atom is 0.131 e. The monoisotopic (exact) mass is 345 g/mol. The number of aliphatic hydroxyl groups excluding tert-OH is 1. The van der Waals surface area contributed by atoms with Crippen molar-refractivity contribution in [2.45, 2.75) is 19.1 Å². The molecule has 0 fully saturated rings. The lowest BCUT2D eigenvalue weighted by atomic mass is 10.1. The van der Waals surface area contributed by atoms with Crippen LogP contribution >= 0.6 is 24.0 Å². The number of nitrogens with two attached hydrogens (primary N) is 1. The molecule has 0 aliphatic heterocycles. The first-order valence-electron chi connectivity index (χ1n) is 6.61. The molecular formula is C16H18Cl2FNO2. The van der Waals surface area contributed by atoms with E-state index in [0.717, 1.165) is 5.56 Å². The number of benzene rings is 2. The smallest absolute Gasteiger partial charge is 0.131 e. The van der Waals surface area contributed by atoms with Gasteiger partial charge in [-0.15, -0.1) is 12.4 Å². The van der Waals surface area contributed by atoms with E-state index in [1.807, 2.05) is 18.2 Å². The molecule has 0 saturated heterocycles. The summed E-state index contributed by atoms with van der Waals surface area (Å²) in [6, 6.07) is 11.6. The molecule has 0 saturated carbocycles. The van der Waals surface area contributed by atoms with Gasteiger partial charge in [0.15, 0.2) is 0 Å². The number of ether oxygens (including phenoxy) is 1. The molecule has 0 aliphatic rings. The Bertz CT molecular complexity index is 590. The minimum Gasteiger partial charge on any atom is -0.489 e. The highest BCUT2D eigenvalue weighted by molar-refractivity contribution is 6.31. The van der Waals surface area contributed by atoms with Crippen LogP contribution in [0.2, 0.25) is 5.02 Å². The van der Waals surface area contributed by atoms with E-state index in [2.05, 4.69) is 0 Å². The maximum atomic E-state index is 13.6. The van der Waals surface area contributed by atoms with Gasteiger partial charge in [-0.05, 0) is 36.2 Å². The van der Waals surface area contributed by atoms with Crippen molar-refractivity contribution in [2.75, 3.05) is 6.61 Å². The maximum absolute atomic E-state index is 13.6. The third kappa shape index (κ3) is 5.14. The number of halogens is 3. The molecule has 2 aromatic carbocycles. The van der Waals surface area contributed by atoms with E-state index in [0.29, 0.717) is 22.8 Å². The first-order chi connectivity index (χ1) is 10.1. The zero-order chi connectivity index (χ0) is 15.2. The van der Waals surface area contributed by atoms with Gasteiger partial charge in [-0.25, -0.2) is 4.39 Å². The van der Waals surface area contributed by atoms with Gasteiger partial charge in [0.2, 0.25) is 0 Å². The molecule has 6 heteroatoms. The van der Waals surface area contributed by atoms with Crippen molar-refractivity contribution < 1.29 is 14.2 Å². The summed E-state index contributed by atoms with van der Waals surface area (Å²) in [6.45, 7) is -0.0169. The van der Waals surface area contributed by atoms with Gasteiger partial charge in [0.05, 0.1) is 11.6 Å². The first-order valence-corrected chi connectivity index (χ1v) is 6.99. The Morgan fingerprint density at radius 2 is 1.95 bits per heavy atom. The average molecular weight is 346 g/mol. The Morgan fingerprint density at radius 3 is 2.64 bits per heavy atom. The van der Waals surface area contributed by atoms with Crippen LogP contribution in [-0.2, 0) is 13.0 Å². The number of aliphatic hydroxyl groups is 1. The second-order valence-corrected chi connectivity index (χ2v) is 5.19. The Kier molecular flexibility index (Phi) is 7.62. The second-order valence-electron chi connectivity index (χ2n) is 4.78. The fraction of sp³-hybridized carbons (Fsp3) is 0.250. The van der Waals surface area contributed by atoms with Gasteiger partial charge >= 0.3 is 0 Å². The Labute approximate surface area is 140 Å². The van der Waals surface area contributed by atoms with Crippen LogP contribution in [0.3, 0.4) is 0 Å². The van der Waals surface area contributed by atoms with Crippen molar-refractivity contribution in [1.82, 2.24) is 0 Å². The first kappa shape index (κ1) is 18.7. The van der Waals surface area contributed by atoms with Crippen LogP contribution in [0.1, 0.15) is 11.1 Å². The topological polar surface area (TPSA) is 55.5 Å². The highest BCUT2D eigenvalue weighted by Gasteiger charge is 2.08. The van der Waals surface area contributed by atoms with Crippen LogP contribution in [-0.4, -0.2) is 17.8 Å². The van der Waals surface area contributed by atoms with Gasteiger partial charge < -0.3 is 15.6 Å². The van der Waals surface area contributed by atoms with E-state index in [1.165, 1.54) is 6.07 Å². The van der Waals surface area contributed by atoms with Crippen molar-refractivity contribution in [3.63, 3.8) is 0 Å². The molecule has 0 radical (unpaired) electrons. The van der Waals surface area contributed by atoms with Crippen LogP contribution in [0, 0.1) is 5.82 Å². The summed E-state index contributed by atoms with van der Waals surface area (Å²) in [7, 11) is 0. The minimum absolute atomic E-state index is 0. The van der Waals surface area contributed by atoms with Crippen LogP contribution < -0.4 is 10.5 Å². The largest absolute Gasteiger partial charge is 0.489 e. The number of rotatable bonds is 6. The van der Waals surface area contributed by atoms with Crippen molar-refractivity contribution in [1.29, 1.82) is 0 Å². The normalized spacial score (nSPS) is 11.6. The molecule has 22 heavy (non-hydrogen) atoms. The zero-order valence-corrected chi connectivity index (χ0v) is 13.4. The van der Waals surface area contributed by atoms with E-state index in [1.54, 1.807) is 18.2 Å². The van der Waals surface area contributed by atoms with Gasteiger partial charge in [-0.1, -0.05) is 29.8 Å². The minimum atomic E-state index is -0.388. The second kappa shape index (κ2) is 8.96. The molecule has 2 aromatic rings. The van der Waals surface area contributed by atoms with Crippen molar-refractivity contribution in [3.05, 3.63) is 64.4 Å². The van der Waals surface area contributed by atoms with Crippen LogP contribution in [0.25, 0.3) is 0 Å². The third-order valence-electron chi connectivity index (χ3n) is 3.08. The van der Waals surface area contributed by atoms with Crippen LogP contribution in [0.5, 0.6) is 5.75 Å². The highest BCUT2D eigenvalue weighted by atomic mass is 35.5. The molecule has 3 N–H and O–H groups in total. The van der Waals surface area contributed by atoms with Gasteiger partial charge in [-0.3, -0.25) is 0 Å². The highest BCUT2D eigenvalue weighted by Crippen LogP contribution is 2.22. The quantitative estimate of drug-likeness (QED) is 0.844. The lowest BCUT2D eigenvalue weighted by Gasteiger charge is -2.11. The predicted molar refractivity (Wildman–Crippen MR) is 88.2 cm³/mol. The van der Waals surface area contributed by atoms with Gasteiger partial charge in [0.1, 0.15) is 18.2 Å². The Hall–Kier alpha value is -1.33. The van der Waals surface area contributed by atoms with E-state index in [9.17, 15) is 4.39 Å². The fourth-order valence-electron chi connectivity index (χ4n) is 1.96. The molecule has 0 spiro atoms. The molecular weight excluding hydrogens is 328 g/mol. The zero-order valence-electron chi connectivity index (χ0n) is 11.8. The molecule has 2 rings (SSSR count). The summed E-state index contributed by atoms with van der Waals surface area (Å²) in [5, 5.41) is 9.31. The summed E-state index contributed by atoms with van der Waals surface area (Å²) in [5.74, 6) is 0.220. The lowest BCUT2D eigenvalue weighted by Crippen LogP contribution is -2.26. The molecule has 0 bridgehead atoms. The lowest BCUT2D eigenvalue weighted by molar-refractivity contribution is 0.265. The van der Waals surface area contributed by atoms with Gasteiger partial charge in [0.25, 0.3) is 0 Å². The van der Waals surface area contributed by atoms with Gasteiger partial charge in [0, 0.05) is 11.6 Å². The Morgan fingerprint density at radius 1 is 1.23 bits per heavy atom. The third-order valence-corrected chi connectivity index (χ3v) is 3.43. The molecule has 3 nitrogen and oxygen atoms in total. The molecule has 0 heterocycles. The summed E-state index contributed by atoms with van der Waals surface area (Å²) in [6.07, 6.45) is 0.550.